The molecule has 5 aromatic rings. The van der Waals surface area contributed by atoms with E-state index in [4.69, 9.17) is 20.9 Å². The Morgan fingerprint density at radius 3 is 2.46 bits per heavy atom. The predicted molar refractivity (Wildman–Crippen MR) is 132 cm³/mol. The lowest BCUT2D eigenvalue weighted by atomic mass is 10.1. The largest absolute Gasteiger partial charge is 0.479 e. The molecule has 37 heavy (non-hydrogen) atoms. The van der Waals surface area contributed by atoms with Crippen molar-refractivity contribution in [2.75, 3.05) is 11.4 Å². The highest BCUT2D eigenvalue weighted by atomic mass is 35.5. The standard InChI is InChI=1S/C24H15ClF2N4O5S/c1-35-24-20(12-18(25)23(29-24)14-8-15(26)11-16(27)9-14)31(21-6-7-36-30-21)37(33,34)17-3-4-19-13(10-17)2-5-22(32)28-19/h2-12H,1H3,(H,28,32). The van der Waals surface area contributed by atoms with Gasteiger partial charge in [-0.05, 0) is 47.9 Å². The number of hydrogen-bond donors (Lipinski definition) is 1. The fraction of sp³-hybridized carbons (Fsp3) is 0.0417. The molecular weight excluding hydrogens is 530 g/mol. The summed E-state index contributed by atoms with van der Waals surface area (Å²) in [5.41, 5.74) is -0.0485. The van der Waals surface area contributed by atoms with E-state index < -0.39 is 21.7 Å². The number of aromatic nitrogens is 3. The molecule has 9 nitrogen and oxygen atoms in total. The molecule has 0 amide bonds. The van der Waals surface area contributed by atoms with Gasteiger partial charge in [-0.15, -0.1) is 0 Å². The van der Waals surface area contributed by atoms with E-state index in [2.05, 4.69) is 15.1 Å². The van der Waals surface area contributed by atoms with Crippen LogP contribution in [0.4, 0.5) is 20.3 Å². The molecule has 0 radical (unpaired) electrons. The molecule has 0 aliphatic carbocycles. The fourth-order valence-corrected chi connectivity index (χ4v) is 5.45. The number of methoxy groups -OCH3 is 1. The van der Waals surface area contributed by atoms with E-state index >= 15 is 0 Å². The van der Waals surface area contributed by atoms with E-state index in [0.717, 1.165) is 16.4 Å². The van der Waals surface area contributed by atoms with Crippen molar-refractivity contribution in [2.24, 2.45) is 0 Å². The Kier molecular flexibility index (Phi) is 6.13. The Hall–Kier alpha value is -4.29. The number of H-pyrrole nitrogens is 1. The van der Waals surface area contributed by atoms with Gasteiger partial charge in [0.1, 0.15) is 23.6 Å². The smallest absolute Gasteiger partial charge is 0.270 e. The summed E-state index contributed by atoms with van der Waals surface area (Å²) in [7, 11) is -3.15. The number of sulfonamides is 1. The first-order valence-electron chi connectivity index (χ1n) is 10.5. The van der Waals surface area contributed by atoms with Crippen molar-refractivity contribution in [3.05, 3.63) is 93.9 Å². The summed E-state index contributed by atoms with van der Waals surface area (Å²) >= 11 is 6.43. The number of pyridine rings is 2. The van der Waals surface area contributed by atoms with Crippen LogP contribution in [0.25, 0.3) is 22.2 Å². The van der Waals surface area contributed by atoms with Crippen LogP contribution in [0.15, 0.2) is 81.1 Å². The summed E-state index contributed by atoms with van der Waals surface area (Å²) in [5.74, 6) is -2.05. The molecule has 3 aromatic heterocycles. The molecule has 5 rings (SSSR count). The molecule has 0 spiro atoms. The van der Waals surface area contributed by atoms with Crippen molar-refractivity contribution < 1.29 is 26.5 Å². The van der Waals surface area contributed by atoms with Crippen molar-refractivity contribution in [3.8, 4) is 17.1 Å². The van der Waals surface area contributed by atoms with Crippen LogP contribution in [0, 0.1) is 11.6 Å². The first-order chi connectivity index (χ1) is 17.7. The maximum absolute atomic E-state index is 13.9. The zero-order valence-corrected chi connectivity index (χ0v) is 20.3. The van der Waals surface area contributed by atoms with Crippen molar-refractivity contribution in [2.45, 2.75) is 4.90 Å². The number of halogens is 3. The van der Waals surface area contributed by atoms with Gasteiger partial charge in [0.05, 0.1) is 22.7 Å². The Bertz CT molecular complexity index is 1790. The highest BCUT2D eigenvalue weighted by molar-refractivity contribution is 7.93. The van der Waals surface area contributed by atoms with E-state index in [1.54, 1.807) is 0 Å². The van der Waals surface area contributed by atoms with E-state index in [9.17, 15) is 22.0 Å². The average Bonchev–Trinajstić information content (AvgIpc) is 3.37. The number of ether oxygens (including phenoxy) is 1. The molecule has 0 aliphatic rings. The molecule has 2 aromatic carbocycles. The van der Waals surface area contributed by atoms with Gasteiger partial charge in [-0.3, -0.25) is 4.79 Å². The zero-order valence-electron chi connectivity index (χ0n) is 18.8. The first-order valence-corrected chi connectivity index (χ1v) is 12.3. The lowest BCUT2D eigenvalue weighted by Crippen LogP contribution is -2.27. The van der Waals surface area contributed by atoms with Gasteiger partial charge in [-0.25, -0.2) is 26.5 Å². The Morgan fingerprint density at radius 1 is 1.03 bits per heavy atom. The number of hydrogen-bond acceptors (Lipinski definition) is 7. The third-order valence-corrected chi connectivity index (χ3v) is 7.34. The molecule has 0 atom stereocenters. The number of fused-ring (bicyclic) bond motifs is 1. The molecule has 0 unspecified atom stereocenters. The Balaban J connectivity index is 1.71. The van der Waals surface area contributed by atoms with Crippen LogP contribution in [0.2, 0.25) is 5.02 Å². The van der Waals surface area contributed by atoms with E-state index in [-0.39, 0.29) is 44.1 Å². The number of benzene rings is 2. The second-order valence-electron chi connectivity index (χ2n) is 7.70. The average molecular weight is 545 g/mol. The van der Waals surface area contributed by atoms with Gasteiger partial charge >= 0.3 is 0 Å². The quantitative estimate of drug-likeness (QED) is 0.318. The van der Waals surface area contributed by atoms with Gasteiger partial charge in [-0.1, -0.05) is 16.8 Å². The van der Waals surface area contributed by atoms with Crippen LogP contribution >= 0.6 is 11.6 Å². The number of rotatable bonds is 6. The van der Waals surface area contributed by atoms with E-state index in [0.29, 0.717) is 17.0 Å². The van der Waals surface area contributed by atoms with Gasteiger partial charge in [0.25, 0.3) is 10.0 Å². The maximum atomic E-state index is 13.9. The lowest BCUT2D eigenvalue weighted by molar-refractivity contribution is 0.399. The topological polar surface area (TPSA) is 118 Å². The van der Waals surface area contributed by atoms with Crippen molar-refractivity contribution in [3.63, 3.8) is 0 Å². The minimum absolute atomic E-state index is 0.0201. The first kappa shape index (κ1) is 24.4. The second kappa shape index (κ2) is 9.30. The van der Waals surface area contributed by atoms with Gasteiger partial charge in [-0.2, -0.15) is 0 Å². The predicted octanol–water partition coefficient (Wildman–Crippen LogP) is 5.05. The molecule has 0 fully saturated rings. The number of aromatic amines is 1. The monoisotopic (exact) mass is 544 g/mol. The Labute approximate surface area is 212 Å². The second-order valence-corrected chi connectivity index (χ2v) is 9.90. The third-order valence-electron chi connectivity index (χ3n) is 5.34. The normalized spacial score (nSPS) is 11.6. The summed E-state index contributed by atoms with van der Waals surface area (Å²) in [6.45, 7) is 0. The van der Waals surface area contributed by atoms with Crippen LogP contribution in [0.1, 0.15) is 0 Å². The maximum Gasteiger partial charge on any atom is 0.270 e. The van der Waals surface area contributed by atoms with E-state index in [1.165, 1.54) is 55.8 Å². The molecule has 0 aliphatic heterocycles. The number of nitrogens with zero attached hydrogens (tertiary/aromatic N) is 3. The zero-order chi connectivity index (χ0) is 26.3. The van der Waals surface area contributed by atoms with Gasteiger partial charge in [0.15, 0.2) is 5.82 Å². The van der Waals surface area contributed by atoms with Crippen molar-refractivity contribution in [1.29, 1.82) is 0 Å². The molecule has 13 heteroatoms. The SMILES string of the molecule is COc1nc(-c2cc(F)cc(F)c2)c(Cl)cc1N(c1ccon1)S(=O)(=O)c1ccc2[nH]c(=O)ccc2c1. The fourth-order valence-electron chi connectivity index (χ4n) is 3.74. The minimum Gasteiger partial charge on any atom is -0.479 e. The molecule has 1 N–H and O–H groups in total. The van der Waals surface area contributed by atoms with Crippen LogP contribution in [0.5, 0.6) is 5.88 Å². The van der Waals surface area contributed by atoms with Crippen molar-refractivity contribution >= 4 is 44.0 Å². The molecule has 3 heterocycles. The minimum atomic E-state index is -4.40. The summed E-state index contributed by atoms with van der Waals surface area (Å²) in [4.78, 5) is 18.3. The van der Waals surface area contributed by atoms with Gasteiger partial charge < -0.3 is 14.2 Å². The highest BCUT2D eigenvalue weighted by Crippen LogP contribution is 2.41. The molecule has 0 saturated carbocycles. The number of nitrogens with one attached hydrogen (secondary N) is 1. The van der Waals surface area contributed by atoms with Crippen LogP contribution in [0.3, 0.4) is 0 Å². The van der Waals surface area contributed by atoms with E-state index in [1.807, 2.05) is 0 Å². The molecular formula is C24H15ClF2N4O5S. The summed E-state index contributed by atoms with van der Waals surface area (Å²) < 4.78 is 66.5. The number of anilines is 2. The lowest BCUT2D eigenvalue weighted by Gasteiger charge is -2.24. The molecule has 0 bridgehead atoms. The highest BCUT2D eigenvalue weighted by Gasteiger charge is 2.33. The third kappa shape index (κ3) is 4.52. The van der Waals surface area contributed by atoms with Gasteiger partial charge in [0.2, 0.25) is 11.4 Å². The van der Waals surface area contributed by atoms with Gasteiger partial charge in [0, 0.05) is 29.3 Å². The molecule has 188 valence electrons. The summed E-state index contributed by atoms with van der Waals surface area (Å²) in [6.07, 6.45) is 1.17. The van der Waals surface area contributed by atoms with Crippen LogP contribution < -0.4 is 14.6 Å². The van der Waals surface area contributed by atoms with Crippen molar-refractivity contribution in [1.82, 2.24) is 15.1 Å². The van der Waals surface area contributed by atoms with Crippen LogP contribution in [-0.2, 0) is 10.0 Å². The molecule has 0 saturated heterocycles. The van der Waals surface area contributed by atoms with Crippen LogP contribution in [-0.4, -0.2) is 30.7 Å². The summed E-state index contributed by atoms with van der Waals surface area (Å²) in [5, 5.41) is 4.12. The Morgan fingerprint density at radius 2 is 1.78 bits per heavy atom. The summed E-state index contributed by atoms with van der Waals surface area (Å²) in [6, 6.07) is 12.2.